The molecule has 0 saturated heterocycles. The number of carbonyl (C=O) groups is 2. The van der Waals surface area contributed by atoms with Crippen molar-refractivity contribution in [2.24, 2.45) is 0 Å². The number of allylic oxidation sites excluding steroid dienone is 5. The summed E-state index contributed by atoms with van der Waals surface area (Å²) in [7, 11) is 0. The van der Waals surface area contributed by atoms with Gasteiger partial charge in [-0.1, -0.05) is 41.5 Å². The topological polar surface area (TPSA) is 43.4 Å². The Kier molecular flexibility index (Phi) is 6.49. The van der Waals surface area contributed by atoms with Crippen molar-refractivity contribution in [1.29, 1.82) is 0 Å². The molecule has 0 aromatic heterocycles. The lowest BCUT2D eigenvalue weighted by Gasteiger charge is -2.32. The lowest BCUT2D eigenvalue weighted by atomic mass is 9.81. The van der Waals surface area contributed by atoms with E-state index in [2.05, 4.69) is 6.58 Å². The third-order valence-electron chi connectivity index (χ3n) is 3.53. The van der Waals surface area contributed by atoms with Gasteiger partial charge in [0, 0.05) is 18.1 Å². The highest BCUT2D eigenvalue weighted by molar-refractivity contribution is 6.06. The zero-order chi connectivity index (χ0) is 17.6. The molecule has 0 spiro atoms. The van der Waals surface area contributed by atoms with E-state index in [0.29, 0.717) is 18.4 Å². The molecule has 1 aliphatic rings. The van der Waals surface area contributed by atoms with Crippen LogP contribution in [0, 0.1) is 0 Å². The summed E-state index contributed by atoms with van der Waals surface area (Å²) < 4.78 is 5.51. The molecule has 0 radical (unpaired) electrons. The van der Waals surface area contributed by atoms with Crippen LogP contribution in [0.4, 0.5) is 0 Å². The highest BCUT2D eigenvalue weighted by Gasteiger charge is 2.42. The number of hydrogen-bond acceptors (Lipinski definition) is 3. The van der Waals surface area contributed by atoms with Crippen molar-refractivity contribution in [1.82, 2.24) is 0 Å². The first kappa shape index (κ1) is 18.9. The second kappa shape index (κ2) is 7.91. The maximum absolute atomic E-state index is 13.0. The van der Waals surface area contributed by atoms with Crippen LogP contribution in [0.5, 0.6) is 0 Å². The van der Waals surface area contributed by atoms with Crippen LogP contribution in [0.15, 0.2) is 59.3 Å². The molecule has 1 aliphatic carbocycles. The number of Topliss-reactive ketones (excluding diaryl/α,β-unsaturated/α-hetero) is 1. The normalized spacial score (nSPS) is 20.1. The van der Waals surface area contributed by atoms with Crippen LogP contribution >= 0.6 is 0 Å². The predicted octanol–water partition coefficient (Wildman–Crippen LogP) is 4.62. The van der Waals surface area contributed by atoms with Gasteiger partial charge in [-0.3, -0.25) is 4.79 Å². The lowest BCUT2D eigenvalue weighted by Crippen LogP contribution is -2.43. The van der Waals surface area contributed by atoms with Gasteiger partial charge in [0.2, 0.25) is 5.78 Å². The zero-order valence-electron chi connectivity index (χ0n) is 14.7. The van der Waals surface area contributed by atoms with Crippen molar-refractivity contribution in [3.63, 3.8) is 0 Å². The van der Waals surface area contributed by atoms with E-state index < -0.39 is 11.6 Å². The van der Waals surface area contributed by atoms with E-state index in [9.17, 15) is 9.59 Å². The van der Waals surface area contributed by atoms with Crippen LogP contribution in [0.1, 0.15) is 47.5 Å². The van der Waals surface area contributed by atoms with Gasteiger partial charge in [0.1, 0.15) is 0 Å². The Morgan fingerprint density at radius 1 is 1.22 bits per heavy atom. The number of carbonyl (C=O) groups excluding carboxylic acids is 2. The average molecular weight is 314 g/mol. The van der Waals surface area contributed by atoms with E-state index >= 15 is 0 Å². The van der Waals surface area contributed by atoms with Gasteiger partial charge in [-0.2, -0.15) is 0 Å². The molecule has 0 amide bonds. The number of esters is 1. The van der Waals surface area contributed by atoms with E-state index in [-0.39, 0.29) is 5.78 Å². The van der Waals surface area contributed by atoms with Crippen molar-refractivity contribution in [2.45, 2.75) is 53.1 Å². The average Bonchev–Trinajstić information content (AvgIpc) is 2.47. The second-order valence-electron chi connectivity index (χ2n) is 6.37. The van der Waals surface area contributed by atoms with E-state index in [1.165, 1.54) is 0 Å². The van der Waals surface area contributed by atoms with E-state index in [1.807, 2.05) is 52.8 Å². The summed E-state index contributed by atoms with van der Waals surface area (Å²) in [6, 6.07) is 0. The van der Waals surface area contributed by atoms with Gasteiger partial charge in [-0.15, -0.1) is 0 Å². The molecule has 3 nitrogen and oxygen atoms in total. The first-order chi connectivity index (χ1) is 10.7. The van der Waals surface area contributed by atoms with Gasteiger partial charge in [-0.25, -0.2) is 4.79 Å². The van der Waals surface area contributed by atoms with Gasteiger partial charge in [0.05, 0.1) is 0 Å². The van der Waals surface area contributed by atoms with Crippen molar-refractivity contribution in [2.75, 3.05) is 0 Å². The molecule has 0 heterocycles. The van der Waals surface area contributed by atoms with Crippen LogP contribution in [0.25, 0.3) is 0 Å². The fourth-order valence-electron chi connectivity index (χ4n) is 2.40. The molecule has 1 unspecified atom stereocenters. The third kappa shape index (κ3) is 5.20. The molecule has 0 saturated carbocycles. The highest BCUT2D eigenvalue weighted by atomic mass is 16.6. The molecule has 0 bridgehead atoms. The fraction of sp³-hybridized carbons (Fsp3) is 0.400. The van der Waals surface area contributed by atoms with Crippen molar-refractivity contribution < 1.29 is 14.3 Å². The molecule has 1 rings (SSSR count). The monoisotopic (exact) mass is 314 g/mol. The molecule has 124 valence electrons. The van der Waals surface area contributed by atoms with Gasteiger partial charge in [0.15, 0.2) is 5.60 Å². The minimum atomic E-state index is -1.27. The summed E-state index contributed by atoms with van der Waals surface area (Å²) >= 11 is 0. The van der Waals surface area contributed by atoms with Crippen molar-refractivity contribution in [3.05, 3.63) is 59.3 Å². The van der Waals surface area contributed by atoms with Crippen LogP contribution in [-0.4, -0.2) is 17.4 Å². The Morgan fingerprint density at radius 3 is 2.35 bits per heavy atom. The Bertz CT molecular complexity index is 621. The fourth-order valence-corrected chi connectivity index (χ4v) is 2.40. The summed E-state index contributed by atoms with van der Waals surface area (Å²) in [6.45, 7) is 13.2. The maximum Gasteiger partial charge on any atom is 0.331 e. The number of hydrogen-bond donors (Lipinski definition) is 0. The molecular weight excluding hydrogens is 288 g/mol. The standard InChI is InChI=1S/C20H26O3/c1-7-18(21)23-20(11-10-15(4)5)13-16(6)12-17(19(20)22)9-8-14(2)3/h7-8,10,12-13H,1,9,11H2,2-6H3. The molecule has 23 heavy (non-hydrogen) atoms. The van der Waals surface area contributed by atoms with Gasteiger partial charge in [0.25, 0.3) is 0 Å². The number of ketones is 1. The predicted molar refractivity (Wildman–Crippen MR) is 94.0 cm³/mol. The van der Waals surface area contributed by atoms with Crippen LogP contribution in [0.3, 0.4) is 0 Å². The quantitative estimate of drug-likeness (QED) is 0.408. The van der Waals surface area contributed by atoms with Crippen molar-refractivity contribution >= 4 is 11.8 Å². The summed E-state index contributed by atoms with van der Waals surface area (Å²) in [5, 5.41) is 0. The first-order valence-corrected chi connectivity index (χ1v) is 7.77. The molecule has 3 heteroatoms. The van der Waals surface area contributed by atoms with E-state index in [0.717, 1.165) is 22.8 Å². The molecule has 0 aromatic rings. The summed E-state index contributed by atoms with van der Waals surface area (Å²) in [5.74, 6) is -0.749. The Balaban J connectivity index is 3.27. The van der Waals surface area contributed by atoms with Gasteiger partial charge in [-0.05, 0) is 47.1 Å². The lowest BCUT2D eigenvalue weighted by molar-refractivity contribution is -0.156. The van der Waals surface area contributed by atoms with Crippen LogP contribution < -0.4 is 0 Å². The molecule has 0 aliphatic heterocycles. The number of rotatable bonds is 6. The SMILES string of the molecule is C=CC(=O)OC1(CC=C(C)C)C=C(C)C=C(CC=C(C)C)C1=O. The smallest absolute Gasteiger partial charge is 0.331 e. The van der Waals surface area contributed by atoms with Crippen molar-refractivity contribution in [3.8, 4) is 0 Å². The van der Waals surface area contributed by atoms with E-state index in [1.54, 1.807) is 6.08 Å². The number of ether oxygens (including phenoxy) is 1. The van der Waals surface area contributed by atoms with Gasteiger partial charge >= 0.3 is 5.97 Å². The van der Waals surface area contributed by atoms with Gasteiger partial charge < -0.3 is 4.74 Å². The Labute approximate surface area is 139 Å². The summed E-state index contributed by atoms with van der Waals surface area (Å²) in [6.07, 6.45) is 9.48. The largest absolute Gasteiger partial charge is 0.443 e. The van der Waals surface area contributed by atoms with Crippen LogP contribution in [0.2, 0.25) is 0 Å². The minimum absolute atomic E-state index is 0.159. The summed E-state index contributed by atoms with van der Waals surface area (Å²) in [5.41, 5.74) is 2.51. The second-order valence-corrected chi connectivity index (χ2v) is 6.37. The Morgan fingerprint density at radius 2 is 1.83 bits per heavy atom. The minimum Gasteiger partial charge on any atom is -0.443 e. The highest BCUT2D eigenvalue weighted by Crippen LogP contribution is 2.32. The van der Waals surface area contributed by atoms with Crippen LogP contribution in [-0.2, 0) is 14.3 Å². The molecule has 0 N–H and O–H groups in total. The van der Waals surface area contributed by atoms with E-state index in [4.69, 9.17) is 4.74 Å². The zero-order valence-corrected chi connectivity index (χ0v) is 14.7. The molecule has 1 atom stereocenters. The first-order valence-electron chi connectivity index (χ1n) is 7.77. The molecular formula is C20H26O3. The third-order valence-corrected chi connectivity index (χ3v) is 3.53. The Hall–Kier alpha value is -2.16. The molecule has 0 aromatic carbocycles. The molecule has 0 fully saturated rings. The summed E-state index contributed by atoms with van der Waals surface area (Å²) in [4.78, 5) is 24.8. The maximum atomic E-state index is 13.0.